The molecule has 2 amide bonds. The molecule has 1 heterocycles. The van der Waals surface area contributed by atoms with Gasteiger partial charge in [0, 0.05) is 18.4 Å². The van der Waals surface area contributed by atoms with Crippen LogP contribution < -0.4 is 10.6 Å². The molecule has 31 heavy (non-hydrogen) atoms. The molecule has 1 fully saturated rings. The number of amides is 2. The lowest BCUT2D eigenvalue weighted by Crippen LogP contribution is -2.45. The average Bonchev–Trinajstić information content (AvgIpc) is 3.14. The van der Waals surface area contributed by atoms with Crippen LogP contribution in [0.3, 0.4) is 0 Å². The molecule has 1 aromatic carbocycles. The Kier molecular flexibility index (Phi) is 6.28. The first kappa shape index (κ1) is 22.6. The lowest BCUT2D eigenvalue weighted by molar-refractivity contribution is -0.118. The van der Waals surface area contributed by atoms with Gasteiger partial charge in [-0.25, -0.2) is 4.39 Å². The number of hydrogen-bond acceptors (Lipinski definition) is 5. The number of carbonyl (C=O) groups excluding carboxylic acids is 3. The molecule has 1 aromatic heterocycles. The summed E-state index contributed by atoms with van der Waals surface area (Å²) in [6, 6.07) is 3.48. The molecule has 0 saturated heterocycles. The fraction of sp³-hybridized carbons (Fsp3) is 0.409. The molecule has 3 rings (SSSR count). The number of aromatic nitrogens is 1. The summed E-state index contributed by atoms with van der Waals surface area (Å²) in [6.45, 7) is 4.82. The lowest BCUT2D eigenvalue weighted by Gasteiger charge is -2.17. The van der Waals surface area contributed by atoms with Gasteiger partial charge in [-0.2, -0.15) is 0 Å². The molecular formula is C22H26FN3O5. The summed E-state index contributed by atoms with van der Waals surface area (Å²) in [4.78, 5) is 38.2. The van der Waals surface area contributed by atoms with Crippen LogP contribution in [0, 0.1) is 26.6 Å². The van der Waals surface area contributed by atoms with Crippen molar-refractivity contribution >= 4 is 23.3 Å². The minimum atomic E-state index is -1.13. The van der Waals surface area contributed by atoms with Gasteiger partial charge in [0.2, 0.25) is 0 Å². The highest BCUT2D eigenvalue weighted by molar-refractivity contribution is 6.43. The van der Waals surface area contributed by atoms with E-state index < -0.39 is 35.8 Å². The maximum absolute atomic E-state index is 13.5. The third kappa shape index (κ3) is 4.24. The van der Waals surface area contributed by atoms with Crippen molar-refractivity contribution in [2.45, 2.75) is 51.9 Å². The summed E-state index contributed by atoms with van der Waals surface area (Å²) in [7, 11) is 1.58. The van der Waals surface area contributed by atoms with Crippen LogP contribution in [0.2, 0.25) is 0 Å². The molecule has 166 valence electrons. The van der Waals surface area contributed by atoms with E-state index in [2.05, 4.69) is 10.6 Å². The summed E-state index contributed by atoms with van der Waals surface area (Å²) in [5.74, 6) is -2.62. The van der Waals surface area contributed by atoms with Gasteiger partial charge in [0.25, 0.3) is 17.6 Å². The number of benzene rings is 1. The van der Waals surface area contributed by atoms with E-state index in [0.717, 1.165) is 0 Å². The second kappa shape index (κ2) is 8.60. The van der Waals surface area contributed by atoms with E-state index in [1.54, 1.807) is 27.8 Å². The predicted molar refractivity (Wildman–Crippen MR) is 111 cm³/mol. The molecule has 8 nitrogen and oxygen atoms in total. The summed E-state index contributed by atoms with van der Waals surface area (Å²) < 4.78 is 15.0. The monoisotopic (exact) mass is 431 g/mol. The quantitative estimate of drug-likeness (QED) is 0.423. The Hall–Kier alpha value is -3.04. The maximum atomic E-state index is 13.5. The largest absolute Gasteiger partial charge is 0.390 e. The summed E-state index contributed by atoms with van der Waals surface area (Å²) >= 11 is 0. The minimum Gasteiger partial charge on any atom is -0.390 e. The second-order valence-corrected chi connectivity index (χ2v) is 7.96. The van der Waals surface area contributed by atoms with Crippen LogP contribution in [0.15, 0.2) is 18.2 Å². The van der Waals surface area contributed by atoms with Crippen molar-refractivity contribution in [3.8, 4) is 0 Å². The van der Waals surface area contributed by atoms with Crippen molar-refractivity contribution in [1.29, 1.82) is 0 Å². The molecule has 9 heteroatoms. The number of nitrogens with one attached hydrogen (secondary N) is 2. The molecule has 1 saturated carbocycles. The van der Waals surface area contributed by atoms with Crippen molar-refractivity contribution in [1.82, 2.24) is 9.88 Å². The van der Waals surface area contributed by atoms with Gasteiger partial charge in [-0.15, -0.1) is 0 Å². The number of ketones is 1. The SMILES string of the molecule is Cc1cc(NC(=O)c2c(C)c(C(=O)C(=O)N[C@@H]3CC[C@H](O)[C@@H]3O)n(C)c2C)ccc1F. The van der Waals surface area contributed by atoms with Gasteiger partial charge >= 0.3 is 0 Å². The van der Waals surface area contributed by atoms with Crippen molar-refractivity contribution < 1.29 is 29.0 Å². The number of aryl methyl sites for hydroxylation is 1. The number of aliphatic hydroxyl groups is 2. The Balaban J connectivity index is 1.83. The third-order valence-corrected chi connectivity index (χ3v) is 5.89. The van der Waals surface area contributed by atoms with Crippen LogP contribution in [0.5, 0.6) is 0 Å². The molecule has 0 spiro atoms. The van der Waals surface area contributed by atoms with Gasteiger partial charge in [0.15, 0.2) is 0 Å². The van der Waals surface area contributed by atoms with Crippen molar-refractivity contribution in [2.24, 2.45) is 7.05 Å². The number of carbonyl (C=O) groups is 3. The molecular weight excluding hydrogens is 405 g/mol. The summed E-state index contributed by atoms with van der Waals surface area (Å²) in [5, 5.41) is 24.7. The number of aliphatic hydroxyl groups excluding tert-OH is 2. The van der Waals surface area contributed by atoms with Crippen molar-refractivity contribution in [3.05, 3.63) is 52.1 Å². The zero-order valence-electron chi connectivity index (χ0n) is 17.8. The van der Waals surface area contributed by atoms with E-state index >= 15 is 0 Å². The highest BCUT2D eigenvalue weighted by atomic mass is 19.1. The average molecular weight is 431 g/mol. The van der Waals surface area contributed by atoms with Gasteiger partial charge in [-0.05, 0) is 62.9 Å². The summed E-state index contributed by atoms with van der Waals surface area (Å²) in [5.41, 5.74) is 1.92. The molecule has 2 aromatic rings. The first-order valence-electron chi connectivity index (χ1n) is 9.97. The van der Waals surface area contributed by atoms with E-state index in [1.165, 1.54) is 22.8 Å². The summed E-state index contributed by atoms with van der Waals surface area (Å²) in [6.07, 6.45) is -1.38. The van der Waals surface area contributed by atoms with E-state index in [-0.39, 0.29) is 17.1 Å². The highest BCUT2D eigenvalue weighted by Gasteiger charge is 2.36. The standard InChI is InChI=1S/C22H26FN3O5/c1-10-9-13(5-6-14(10)23)24-21(30)17-11(2)18(26(4)12(17)3)20(29)22(31)25-15-7-8-16(27)19(15)28/h5-6,9,15-16,19,27-28H,7-8H2,1-4H3,(H,24,30)(H,25,31)/t15-,16+,19-/m1/s1. The van der Waals surface area contributed by atoms with E-state index in [9.17, 15) is 29.0 Å². The van der Waals surface area contributed by atoms with Crippen molar-refractivity contribution in [3.63, 3.8) is 0 Å². The Morgan fingerprint density at radius 2 is 1.81 bits per heavy atom. The van der Waals surface area contributed by atoms with E-state index in [4.69, 9.17) is 0 Å². The van der Waals surface area contributed by atoms with Gasteiger partial charge in [-0.3, -0.25) is 14.4 Å². The molecule has 1 aliphatic carbocycles. The van der Waals surface area contributed by atoms with Gasteiger partial charge < -0.3 is 25.4 Å². The second-order valence-electron chi connectivity index (χ2n) is 7.96. The number of hydrogen-bond donors (Lipinski definition) is 4. The van der Waals surface area contributed by atoms with Crippen LogP contribution in [0.25, 0.3) is 0 Å². The Labute approximate surface area is 179 Å². The minimum absolute atomic E-state index is 0.0588. The first-order valence-corrected chi connectivity index (χ1v) is 9.97. The zero-order chi connectivity index (χ0) is 23.0. The number of anilines is 1. The van der Waals surface area contributed by atoms with Gasteiger partial charge in [0.05, 0.1) is 23.4 Å². The highest BCUT2D eigenvalue weighted by Crippen LogP contribution is 2.25. The molecule has 0 aliphatic heterocycles. The van der Waals surface area contributed by atoms with Gasteiger partial charge in [-0.1, -0.05) is 0 Å². The first-order chi connectivity index (χ1) is 14.5. The third-order valence-electron chi connectivity index (χ3n) is 5.89. The number of halogens is 1. The Morgan fingerprint density at radius 1 is 1.13 bits per heavy atom. The van der Waals surface area contributed by atoms with Crippen LogP contribution in [-0.4, -0.2) is 50.6 Å². The smallest absolute Gasteiger partial charge is 0.294 e. The number of nitrogens with zero attached hydrogens (tertiary/aromatic N) is 1. The van der Waals surface area contributed by atoms with Gasteiger partial charge in [0.1, 0.15) is 11.9 Å². The molecule has 1 aliphatic rings. The zero-order valence-corrected chi connectivity index (χ0v) is 17.8. The van der Waals surface area contributed by atoms with Crippen LogP contribution in [0.1, 0.15) is 50.5 Å². The van der Waals surface area contributed by atoms with Crippen LogP contribution in [-0.2, 0) is 11.8 Å². The topological polar surface area (TPSA) is 121 Å². The molecule has 4 N–H and O–H groups in total. The fourth-order valence-electron chi connectivity index (χ4n) is 4.01. The van der Waals surface area contributed by atoms with E-state index in [1.807, 2.05) is 0 Å². The lowest BCUT2D eigenvalue weighted by atomic mass is 10.1. The normalized spacial score (nSPS) is 20.5. The molecule has 0 bridgehead atoms. The van der Waals surface area contributed by atoms with Crippen LogP contribution in [0.4, 0.5) is 10.1 Å². The number of Topliss-reactive ketones (excluding diaryl/α,β-unsaturated/α-hetero) is 1. The Morgan fingerprint density at radius 3 is 2.39 bits per heavy atom. The van der Waals surface area contributed by atoms with Crippen LogP contribution >= 0.6 is 0 Å². The van der Waals surface area contributed by atoms with Crippen molar-refractivity contribution in [2.75, 3.05) is 5.32 Å². The van der Waals surface area contributed by atoms with E-state index in [0.29, 0.717) is 35.3 Å². The Bertz CT molecular complexity index is 1060. The predicted octanol–water partition coefficient (Wildman–Crippen LogP) is 1.52. The molecule has 0 radical (unpaired) electrons. The maximum Gasteiger partial charge on any atom is 0.294 e. The number of rotatable bonds is 5. The molecule has 3 atom stereocenters. The molecule has 0 unspecified atom stereocenters. The fourth-order valence-corrected chi connectivity index (χ4v) is 4.01.